The van der Waals surface area contributed by atoms with Crippen LogP contribution in [0.4, 0.5) is 17.6 Å². The number of ether oxygens (including phenoxy) is 1. The molecule has 0 spiro atoms. The highest BCUT2D eigenvalue weighted by molar-refractivity contribution is 5.85. The third-order valence-corrected chi connectivity index (χ3v) is 4.06. The fraction of sp³-hybridized carbons (Fsp3) is 0.211. The van der Waals surface area contributed by atoms with Gasteiger partial charge >= 0.3 is 6.18 Å². The van der Waals surface area contributed by atoms with Crippen molar-refractivity contribution < 1.29 is 26.7 Å². The average Bonchev–Trinajstić information content (AvgIpc) is 2.60. The predicted molar refractivity (Wildman–Crippen MR) is 88.8 cm³/mol. The smallest absolute Gasteiger partial charge is 0.450 e. The van der Waals surface area contributed by atoms with Crippen LogP contribution in [0.15, 0.2) is 45.6 Å². The average molecular weight is 366 g/mol. The highest BCUT2D eigenvalue weighted by atomic mass is 19.4. The predicted octanol–water partition coefficient (Wildman–Crippen LogP) is 5.19. The van der Waals surface area contributed by atoms with Gasteiger partial charge in [-0.25, -0.2) is 4.39 Å². The maximum Gasteiger partial charge on any atom is 0.450 e. The lowest BCUT2D eigenvalue weighted by Crippen LogP contribution is -2.16. The van der Waals surface area contributed by atoms with E-state index in [9.17, 15) is 22.4 Å². The van der Waals surface area contributed by atoms with Crippen molar-refractivity contribution in [3.8, 4) is 16.9 Å². The highest BCUT2D eigenvalue weighted by Gasteiger charge is 2.39. The minimum Gasteiger partial charge on any atom is -0.496 e. The first-order chi connectivity index (χ1) is 12.3. The van der Waals surface area contributed by atoms with Crippen LogP contribution in [-0.2, 0) is 12.6 Å². The van der Waals surface area contributed by atoms with E-state index < -0.39 is 28.7 Å². The summed E-state index contributed by atoms with van der Waals surface area (Å²) in [6.45, 7) is 1.83. The number of alkyl halides is 3. The van der Waals surface area contributed by atoms with Gasteiger partial charge in [0.25, 0.3) is 0 Å². The highest BCUT2D eigenvalue weighted by Crippen LogP contribution is 2.38. The molecule has 0 aliphatic rings. The Hall–Kier alpha value is -2.83. The Labute approximate surface area is 145 Å². The van der Waals surface area contributed by atoms with Gasteiger partial charge in [0.15, 0.2) is 0 Å². The molecule has 0 unspecified atom stereocenters. The van der Waals surface area contributed by atoms with Crippen molar-refractivity contribution in [2.45, 2.75) is 19.5 Å². The maximum absolute atomic E-state index is 13.5. The van der Waals surface area contributed by atoms with Crippen molar-refractivity contribution >= 4 is 11.0 Å². The van der Waals surface area contributed by atoms with Gasteiger partial charge in [0.2, 0.25) is 11.2 Å². The van der Waals surface area contributed by atoms with Crippen molar-refractivity contribution in [3.63, 3.8) is 0 Å². The number of aryl methyl sites for hydroxylation is 1. The molecular formula is C19H14F4O3. The van der Waals surface area contributed by atoms with E-state index in [2.05, 4.69) is 0 Å². The van der Waals surface area contributed by atoms with Gasteiger partial charge in [0.05, 0.1) is 18.1 Å². The summed E-state index contributed by atoms with van der Waals surface area (Å²) in [5, 5.41) is 0.00924. The summed E-state index contributed by atoms with van der Waals surface area (Å²) in [5.74, 6) is -1.70. The fourth-order valence-corrected chi connectivity index (χ4v) is 2.81. The molecule has 3 rings (SSSR count). The Morgan fingerprint density at radius 2 is 1.77 bits per heavy atom. The Morgan fingerprint density at radius 1 is 1.12 bits per heavy atom. The molecular weight excluding hydrogens is 352 g/mol. The molecule has 0 aliphatic carbocycles. The molecule has 0 amide bonds. The van der Waals surface area contributed by atoms with E-state index >= 15 is 0 Å². The second kappa shape index (κ2) is 6.48. The number of benzene rings is 2. The topological polar surface area (TPSA) is 39.4 Å². The fourth-order valence-electron chi connectivity index (χ4n) is 2.81. The van der Waals surface area contributed by atoms with Gasteiger partial charge < -0.3 is 9.15 Å². The molecule has 26 heavy (non-hydrogen) atoms. The summed E-state index contributed by atoms with van der Waals surface area (Å²) in [7, 11) is 1.38. The van der Waals surface area contributed by atoms with E-state index in [4.69, 9.17) is 9.15 Å². The van der Waals surface area contributed by atoms with Gasteiger partial charge in [-0.1, -0.05) is 19.1 Å². The first kappa shape index (κ1) is 18.0. The SMILES string of the molecule is CCc1cc2c(=O)c(-c3ccc(F)cc3)c(C(F)(F)F)oc2cc1OC. The number of methoxy groups -OCH3 is 1. The van der Waals surface area contributed by atoms with Gasteiger partial charge in [-0.2, -0.15) is 13.2 Å². The summed E-state index contributed by atoms with van der Waals surface area (Å²) in [4.78, 5) is 12.9. The van der Waals surface area contributed by atoms with Crippen LogP contribution in [0.25, 0.3) is 22.1 Å². The number of hydrogen-bond acceptors (Lipinski definition) is 3. The Morgan fingerprint density at radius 3 is 2.31 bits per heavy atom. The molecule has 3 aromatic rings. The third kappa shape index (κ3) is 3.05. The summed E-state index contributed by atoms with van der Waals surface area (Å²) in [6, 6.07) is 6.96. The van der Waals surface area contributed by atoms with Crippen molar-refractivity contribution in [2.75, 3.05) is 7.11 Å². The molecule has 0 fully saturated rings. The van der Waals surface area contributed by atoms with E-state index in [1.807, 2.05) is 6.92 Å². The van der Waals surface area contributed by atoms with Crippen LogP contribution in [0.2, 0.25) is 0 Å². The minimum atomic E-state index is -4.90. The zero-order chi connectivity index (χ0) is 19.1. The quantitative estimate of drug-likeness (QED) is 0.599. The van der Waals surface area contributed by atoms with Crippen LogP contribution in [0.3, 0.4) is 0 Å². The molecule has 0 saturated heterocycles. The van der Waals surface area contributed by atoms with Crippen LogP contribution >= 0.6 is 0 Å². The lowest BCUT2D eigenvalue weighted by molar-refractivity contribution is -0.152. The summed E-state index contributed by atoms with van der Waals surface area (Å²) in [6.07, 6.45) is -4.38. The van der Waals surface area contributed by atoms with Crippen molar-refractivity contribution in [3.05, 3.63) is 63.8 Å². The first-order valence-electron chi connectivity index (χ1n) is 7.77. The molecule has 3 nitrogen and oxygen atoms in total. The molecule has 0 N–H and O–H groups in total. The van der Waals surface area contributed by atoms with E-state index in [1.165, 1.54) is 19.2 Å². The zero-order valence-corrected chi connectivity index (χ0v) is 13.9. The van der Waals surface area contributed by atoms with Gasteiger partial charge in [-0.15, -0.1) is 0 Å². The van der Waals surface area contributed by atoms with Crippen molar-refractivity contribution in [1.29, 1.82) is 0 Å². The maximum atomic E-state index is 13.5. The van der Waals surface area contributed by atoms with Gasteiger partial charge in [0.1, 0.15) is 17.1 Å². The number of fused-ring (bicyclic) bond motifs is 1. The van der Waals surface area contributed by atoms with Gasteiger partial charge in [-0.3, -0.25) is 4.79 Å². The van der Waals surface area contributed by atoms with Crippen LogP contribution < -0.4 is 10.2 Å². The molecule has 0 aliphatic heterocycles. The lowest BCUT2D eigenvalue weighted by Gasteiger charge is -2.14. The monoisotopic (exact) mass is 366 g/mol. The Kier molecular flexibility index (Phi) is 4.48. The standard InChI is InChI=1S/C19H14F4O3/c1-3-10-8-13-15(9-14(10)25-2)26-18(19(21,22)23)16(17(13)24)11-4-6-12(20)7-5-11/h4-9H,3H2,1-2H3. The lowest BCUT2D eigenvalue weighted by atomic mass is 10.00. The normalized spacial score (nSPS) is 11.8. The Bertz CT molecular complexity index is 1020. The van der Waals surface area contributed by atoms with Crippen LogP contribution in [0.5, 0.6) is 5.75 Å². The zero-order valence-electron chi connectivity index (χ0n) is 13.9. The number of rotatable bonds is 3. The first-order valence-corrected chi connectivity index (χ1v) is 7.77. The molecule has 0 bridgehead atoms. The summed E-state index contributed by atoms with van der Waals surface area (Å²) >= 11 is 0. The van der Waals surface area contributed by atoms with Crippen molar-refractivity contribution in [2.24, 2.45) is 0 Å². The van der Waals surface area contributed by atoms with Crippen LogP contribution in [0, 0.1) is 5.82 Å². The molecule has 1 heterocycles. The summed E-state index contributed by atoms with van der Waals surface area (Å²) in [5.41, 5.74) is -1.10. The molecule has 136 valence electrons. The van der Waals surface area contributed by atoms with E-state index in [-0.39, 0.29) is 16.5 Å². The van der Waals surface area contributed by atoms with Gasteiger partial charge in [-0.05, 0) is 35.7 Å². The molecule has 0 atom stereocenters. The molecule has 0 radical (unpaired) electrons. The van der Waals surface area contributed by atoms with Crippen molar-refractivity contribution in [1.82, 2.24) is 0 Å². The largest absolute Gasteiger partial charge is 0.496 e. The third-order valence-electron chi connectivity index (χ3n) is 4.06. The van der Waals surface area contributed by atoms with Crippen LogP contribution in [0.1, 0.15) is 18.2 Å². The second-order valence-corrected chi connectivity index (χ2v) is 5.65. The Balaban J connectivity index is 2.43. The molecule has 2 aromatic carbocycles. The second-order valence-electron chi connectivity index (χ2n) is 5.65. The van der Waals surface area contributed by atoms with Crippen LogP contribution in [-0.4, -0.2) is 7.11 Å². The van der Waals surface area contributed by atoms with Gasteiger partial charge in [0, 0.05) is 6.07 Å². The van der Waals surface area contributed by atoms with E-state index in [0.29, 0.717) is 17.7 Å². The van der Waals surface area contributed by atoms with E-state index in [1.54, 1.807) is 0 Å². The van der Waals surface area contributed by atoms with E-state index in [0.717, 1.165) is 24.3 Å². The summed E-state index contributed by atoms with van der Waals surface area (Å²) < 4.78 is 63.9. The molecule has 0 saturated carbocycles. The number of hydrogen-bond donors (Lipinski definition) is 0. The molecule has 7 heteroatoms. The minimum absolute atomic E-state index is 0.00924. The number of halogens is 4. The molecule has 1 aromatic heterocycles.